The molecule has 0 N–H and O–H groups in total. The zero-order chi connectivity index (χ0) is 37.6. The van der Waals surface area contributed by atoms with E-state index in [1.165, 1.54) is 77.7 Å². The number of anilines is 3. The van der Waals surface area contributed by atoms with Gasteiger partial charge in [0, 0.05) is 33.1 Å². The first-order chi connectivity index (χ1) is 24.8. The van der Waals surface area contributed by atoms with Crippen molar-refractivity contribution >= 4 is 51.3 Å². The Morgan fingerprint density at radius 1 is 0.604 bits per heavy atom. The van der Waals surface area contributed by atoms with Crippen LogP contribution in [0.1, 0.15) is 123 Å². The largest absolute Gasteiger partial charge is 0.440 e. The van der Waals surface area contributed by atoms with Gasteiger partial charge in [-0.1, -0.05) is 167 Å². The Balaban J connectivity index is 1.45. The molecule has 0 bridgehead atoms. The van der Waals surface area contributed by atoms with E-state index in [2.05, 4.69) is 185 Å². The number of rotatable bonds is 2. The number of fused-ring (bicyclic) bond motifs is 7. The maximum Gasteiger partial charge on any atom is 0.252 e. The summed E-state index contributed by atoms with van der Waals surface area (Å²) in [5, 5.41) is 1.22. The summed E-state index contributed by atoms with van der Waals surface area (Å²) in [6.45, 7) is 28.5. The molecule has 0 saturated carbocycles. The minimum atomic E-state index is -0.181. The van der Waals surface area contributed by atoms with E-state index in [1.807, 2.05) is 0 Å². The van der Waals surface area contributed by atoms with Gasteiger partial charge in [-0.3, -0.25) is 4.90 Å². The van der Waals surface area contributed by atoms with Crippen LogP contribution in [0.25, 0.3) is 22.1 Å². The molecule has 0 fully saturated rings. The second-order valence-corrected chi connectivity index (χ2v) is 20.2. The van der Waals surface area contributed by atoms with E-state index >= 15 is 0 Å². The fourth-order valence-corrected chi connectivity index (χ4v) is 10.6. The molecule has 53 heavy (non-hydrogen) atoms. The molecule has 9 rings (SSSR count). The molecular weight excluding hydrogens is 641 g/mol. The first kappa shape index (κ1) is 34.3. The first-order valence-corrected chi connectivity index (χ1v) is 19.7. The quantitative estimate of drug-likeness (QED) is 0.167. The summed E-state index contributed by atoms with van der Waals surface area (Å²) in [6, 6.07) is 37.3. The molecule has 0 unspecified atom stereocenters. The highest BCUT2D eigenvalue weighted by Gasteiger charge is 2.50. The van der Waals surface area contributed by atoms with Crippen LogP contribution in [-0.2, 0) is 27.1 Å². The summed E-state index contributed by atoms with van der Waals surface area (Å²) in [5.41, 5.74) is 18.2. The molecule has 3 heterocycles. The van der Waals surface area contributed by atoms with Gasteiger partial charge in [-0.2, -0.15) is 0 Å². The van der Waals surface area contributed by atoms with Gasteiger partial charge in [0.05, 0.1) is 5.69 Å². The number of hydrogen-bond donors (Lipinski definition) is 0. The molecule has 0 saturated heterocycles. The van der Waals surface area contributed by atoms with Crippen molar-refractivity contribution in [3.05, 3.63) is 130 Å². The van der Waals surface area contributed by atoms with Crippen molar-refractivity contribution in [1.29, 1.82) is 0 Å². The van der Waals surface area contributed by atoms with Gasteiger partial charge in [0.1, 0.15) is 5.58 Å². The zero-order valence-electron chi connectivity index (χ0n) is 33.9. The van der Waals surface area contributed by atoms with Crippen molar-refractivity contribution in [2.45, 2.75) is 117 Å². The van der Waals surface area contributed by atoms with Crippen LogP contribution < -0.4 is 21.3 Å². The van der Waals surface area contributed by atoms with Gasteiger partial charge in [-0.15, -0.1) is 0 Å². The molecule has 0 radical (unpaired) electrons. The van der Waals surface area contributed by atoms with Crippen LogP contribution in [0.15, 0.2) is 101 Å². The third kappa shape index (κ3) is 4.84. The maximum atomic E-state index is 7.46. The van der Waals surface area contributed by atoms with Crippen LogP contribution in [0.5, 0.6) is 0 Å². The monoisotopic (exact) mass is 695 g/mol. The maximum absolute atomic E-state index is 7.46. The van der Waals surface area contributed by atoms with Gasteiger partial charge in [-0.05, 0) is 85.1 Å². The second-order valence-electron chi connectivity index (χ2n) is 20.2. The van der Waals surface area contributed by atoms with Gasteiger partial charge >= 0.3 is 0 Å². The van der Waals surface area contributed by atoms with Crippen molar-refractivity contribution < 1.29 is 4.42 Å². The Bertz CT molecular complexity index is 2480. The van der Waals surface area contributed by atoms with Gasteiger partial charge in [0.2, 0.25) is 5.88 Å². The average molecular weight is 696 g/mol. The lowest BCUT2D eigenvalue weighted by atomic mass is 9.30. The Kier molecular flexibility index (Phi) is 6.99. The smallest absolute Gasteiger partial charge is 0.252 e. The van der Waals surface area contributed by atoms with Crippen LogP contribution in [-0.4, -0.2) is 6.71 Å². The summed E-state index contributed by atoms with van der Waals surface area (Å²) < 4.78 is 7.46. The van der Waals surface area contributed by atoms with Crippen molar-refractivity contribution in [1.82, 2.24) is 0 Å². The van der Waals surface area contributed by atoms with Gasteiger partial charge in [-0.25, -0.2) is 0 Å². The molecule has 5 aromatic carbocycles. The molecule has 0 spiro atoms. The predicted molar refractivity (Wildman–Crippen MR) is 228 cm³/mol. The fourth-order valence-electron chi connectivity index (χ4n) is 10.6. The second kappa shape index (κ2) is 10.8. The summed E-state index contributed by atoms with van der Waals surface area (Å²) in [5.74, 6) is 0.949. The summed E-state index contributed by atoms with van der Waals surface area (Å²) >= 11 is 0. The van der Waals surface area contributed by atoms with Gasteiger partial charge < -0.3 is 4.42 Å². The first-order valence-electron chi connectivity index (χ1n) is 19.7. The number of hydrogen-bond acceptors (Lipinski definition) is 2. The van der Waals surface area contributed by atoms with E-state index in [0.717, 1.165) is 17.9 Å². The highest BCUT2D eigenvalue weighted by Crippen LogP contribution is 2.55. The Labute approximate surface area is 317 Å². The molecule has 1 aromatic heterocycles. The van der Waals surface area contributed by atoms with Crippen molar-refractivity contribution in [2.24, 2.45) is 0 Å². The third-order valence-electron chi connectivity index (χ3n) is 13.0. The highest BCUT2D eigenvalue weighted by atomic mass is 16.4. The lowest BCUT2D eigenvalue weighted by molar-refractivity contribution is 0.403. The molecule has 3 heteroatoms. The van der Waals surface area contributed by atoms with E-state index < -0.39 is 0 Å². The molecule has 0 amide bonds. The number of furan rings is 1. The molecule has 6 aromatic rings. The summed E-state index contributed by atoms with van der Waals surface area (Å²) in [4.78, 5) is 2.52. The summed E-state index contributed by atoms with van der Waals surface area (Å²) in [6.07, 6.45) is 1.11. The van der Waals surface area contributed by atoms with Crippen LogP contribution in [0, 0.1) is 0 Å². The van der Waals surface area contributed by atoms with Gasteiger partial charge in [0.15, 0.2) is 0 Å². The van der Waals surface area contributed by atoms with Crippen LogP contribution in [0.3, 0.4) is 0 Å². The molecule has 0 atom stereocenters. The van der Waals surface area contributed by atoms with Gasteiger partial charge in [0.25, 0.3) is 6.71 Å². The van der Waals surface area contributed by atoms with Crippen molar-refractivity contribution in [2.75, 3.05) is 4.90 Å². The number of benzene rings is 5. The van der Waals surface area contributed by atoms with E-state index in [9.17, 15) is 0 Å². The van der Waals surface area contributed by atoms with Crippen LogP contribution in [0.4, 0.5) is 17.3 Å². The lowest BCUT2D eigenvalue weighted by Gasteiger charge is -2.44. The molecule has 268 valence electrons. The molecule has 3 aliphatic rings. The zero-order valence-corrected chi connectivity index (χ0v) is 33.9. The van der Waals surface area contributed by atoms with E-state index in [1.54, 1.807) is 0 Å². The Hall–Kier alpha value is -4.50. The molecular formula is C50H54BNO. The van der Waals surface area contributed by atoms with Crippen molar-refractivity contribution in [3.63, 3.8) is 0 Å². The standard InChI is InChI=1S/C50H54BNO/c1-46(2,3)31-24-25-34-39(26-31)51-42-32-20-16-22-36(47(4,5)6)44(32)53-45(42)52(40-23-17-21-35(43(40)51)50(34,11)12)41-28-38-37(48(7,8)29-49(38,9)10)27-33(41)30-18-14-13-15-19-30/h13-28H,29H2,1-12H3. The fraction of sp³-hybridized carbons (Fsp3) is 0.360. The van der Waals surface area contributed by atoms with Crippen LogP contribution in [0.2, 0.25) is 0 Å². The topological polar surface area (TPSA) is 16.4 Å². The Morgan fingerprint density at radius 3 is 1.96 bits per heavy atom. The number of nitrogens with zero attached hydrogens (tertiary/aromatic N) is 1. The minimum absolute atomic E-state index is 0.0238. The van der Waals surface area contributed by atoms with E-state index in [-0.39, 0.29) is 33.8 Å². The van der Waals surface area contributed by atoms with Crippen molar-refractivity contribution in [3.8, 4) is 11.1 Å². The molecule has 2 nitrogen and oxygen atoms in total. The average Bonchev–Trinajstić information content (AvgIpc) is 3.55. The molecule has 2 aliphatic heterocycles. The third-order valence-corrected chi connectivity index (χ3v) is 13.0. The highest BCUT2D eigenvalue weighted by molar-refractivity contribution is 7.00. The molecule has 1 aliphatic carbocycles. The normalized spacial score (nSPS) is 17.7. The van der Waals surface area contributed by atoms with Crippen LogP contribution >= 0.6 is 0 Å². The predicted octanol–water partition coefficient (Wildman–Crippen LogP) is 11.6. The number of para-hydroxylation sites is 1. The lowest BCUT2D eigenvalue weighted by Crippen LogP contribution is -2.64. The van der Waals surface area contributed by atoms with E-state index in [0.29, 0.717) is 0 Å². The minimum Gasteiger partial charge on any atom is -0.440 e. The van der Waals surface area contributed by atoms with E-state index in [4.69, 9.17) is 4.42 Å². The Morgan fingerprint density at radius 2 is 1.28 bits per heavy atom. The summed E-state index contributed by atoms with van der Waals surface area (Å²) in [7, 11) is 0. The SMILES string of the molecule is CC(C)(C)c1ccc2c(c1)B1c3c(cccc3C2(C)C)N(c2cc3c(cc2-c2ccccc2)C(C)(C)CC3(C)C)c2oc3c(C(C)(C)C)cccc3c21.